The number of carbonyl (C=O) groups is 1. The summed E-state index contributed by atoms with van der Waals surface area (Å²) in [4.78, 5) is 12.3. The summed E-state index contributed by atoms with van der Waals surface area (Å²) in [6, 6.07) is 6.47. The van der Waals surface area contributed by atoms with Gasteiger partial charge in [-0.25, -0.2) is 4.39 Å². The van der Waals surface area contributed by atoms with Crippen LogP contribution in [0, 0.1) is 18.7 Å². The Morgan fingerprint density at radius 3 is 2.72 bits per heavy atom. The molecule has 29 heavy (non-hydrogen) atoms. The molecule has 0 aromatic heterocycles. The summed E-state index contributed by atoms with van der Waals surface area (Å²) in [5.74, 6) is -1.24. The number of nitrogens with one attached hydrogen (secondary N) is 1. The third-order valence-corrected chi connectivity index (χ3v) is 6.47. The van der Waals surface area contributed by atoms with Gasteiger partial charge < -0.3 is 10.1 Å². The van der Waals surface area contributed by atoms with Crippen LogP contribution in [0.5, 0.6) is 0 Å². The molecule has 0 spiro atoms. The first-order valence-corrected chi connectivity index (χ1v) is 10.8. The number of carbonyl (C=O) groups excluding carboxylic acids is 1. The number of aryl methyl sites for hydroxylation is 1. The van der Waals surface area contributed by atoms with Crippen molar-refractivity contribution in [1.29, 1.82) is 0 Å². The van der Waals surface area contributed by atoms with Crippen molar-refractivity contribution in [1.82, 2.24) is 0 Å². The molecule has 0 aliphatic carbocycles. The van der Waals surface area contributed by atoms with E-state index in [1.165, 1.54) is 36.5 Å². The molecule has 1 amide bonds. The Hall–Kier alpha value is -2.00. The van der Waals surface area contributed by atoms with Gasteiger partial charge in [0, 0.05) is 24.4 Å². The van der Waals surface area contributed by atoms with Gasteiger partial charge in [-0.05, 0) is 49.2 Å². The average molecular weight is 459 g/mol. The number of anilines is 1. The van der Waals surface area contributed by atoms with Crippen molar-refractivity contribution in [3.8, 4) is 0 Å². The monoisotopic (exact) mass is 458 g/mol. The van der Waals surface area contributed by atoms with Gasteiger partial charge in [-0.15, -0.1) is 0 Å². The zero-order valence-corrected chi connectivity index (χ0v) is 17.6. The molecule has 3 rings (SSSR count). The molecule has 0 bridgehead atoms. The molecule has 6 nitrogen and oxygen atoms in total. The highest BCUT2D eigenvalue weighted by Gasteiger charge is 2.25. The van der Waals surface area contributed by atoms with Crippen LogP contribution < -0.4 is 5.32 Å². The van der Waals surface area contributed by atoms with Crippen LogP contribution in [0.25, 0.3) is 0 Å². The molecule has 1 unspecified atom stereocenters. The molecule has 0 saturated carbocycles. The average Bonchev–Trinajstić information content (AvgIpc) is 3.17. The minimum absolute atomic E-state index is 0.0292. The fourth-order valence-corrected chi connectivity index (χ4v) is 4.60. The third kappa shape index (κ3) is 4.95. The smallest absolute Gasteiger partial charge is 0.283 e. The van der Waals surface area contributed by atoms with Crippen molar-refractivity contribution in [2.45, 2.75) is 18.2 Å². The van der Waals surface area contributed by atoms with E-state index in [2.05, 4.69) is 9.71 Å². The number of amides is 1. The Morgan fingerprint density at radius 2 is 2.07 bits per heavy atom. The Balaban J connectivity index is 1.91. The third-order valence-electron chi connectivity index (χ3n) is 4.35. The minimum Gasteiger partial charge on any atom is -0.381 e. The van der Waals surface area contributed by atoms with Gasteiger partial charge in [0.25, 0.3) is 15.9 Å². The van der Waals surface area contributed by atoms with Crippen LogP contribution in [0.3, 0.4) is 0 Å². The molecule has 1 fully saturated rings. The van der Waals surface area contributed by atoms with Crippen molar-refractivity contribution >= 4 is 51.0 Å². The standard InChI is InChI=1S/C19H17Cl2FN2O4S/c1-11-8-13(2-4-15(11)22)24-19(25)17-14(20)3-5-16(18(17)21)29(26,27)23-9-12-6-7-28-10-12/h2-5,8-9,12H,6-7,10H2,1H3,(H,24,25)/b23-9+. The zero-order valence-electron chi connectivity index (χ0n) is 15.3. The number of hydrogen-bond donors (Lipinski definition) is 1. The number of halogens is 3. The van der Waals surface area contributed by atoms with E-state index >= 15 is 0 Å². The molecule has 2 aromatic carbocycles. The van der Waals surface area contributed by atoms with Crippen LogP contribution in [-0.4, -0.2) is 33.8 Å². The first kappa shape index (κ1) is 21.7. The van der Waals surface area contributed by atoms with E-state index in [1.54, 1.807) is 6.92 Å². The van der Waals surface area contributed by atoms with Crippen LogP contribution in [0.1, 0.15) is 22.3 Å². The van der Waals surface area contributed by atoms with Gasteiger partial charge in [0.05, 0.1) is 22.2 Å². The highest BCUT2D eigenvalue weighted by atomic mass is 35.5. The second kappa shape index (κ2) is 8.79. The van der Waals surface area contributed by atoms with E-state index in [4.69, 9.17) is 27.9 Å². The SMILES string of the molecule is Cc1cc(NC(=O)c2c(Cl)ccc(S(=O)(=O)/N=C/C3CCOC3)c2Cl)ccc1F. The Labute approximate surface area is 177 Å². The number of hydrogen-bond acceptors (Lipinski definition) is 4. The maximum absolute atomic E-state index is 13.4. The fraction of sp³-hybridized carbons (Fsp3) is 0.263. The van der Waals surface area contributed by atoms with Gasteiger partial charge in [0.15, 0.2) is 0 Å². The minimum atomic E-state index is -4.14. The molecule has 0 radical (unpaired) electrons. The van der Waals surface area contributed by atoms with Crippen molar-refractivity contribution in [3.05, 3.63) is 57.3 Å². The Bertz CT molecular complexity index is 1080. The van der Waals surface area contributed by atoms with Crippen LogP contribution in [0.15, 0.2) is 39.6 Å². The lowest BCUT2D eigenvalue weighted by atomic mass is 10.1. The molecule has 1 atom stereocenters. The molecule has 154 valence electrons. The van der Waals surface area contributed by atoms with Gasteiger partial charge in [-0.1, -0.05) is 23.2 Å². The van der Waals surface area contributed by atoms with Crippen molar-refractivity contribution in [3.63, 3.8) is 0 Å². The van der Waals surface area contributed by atoms with Gasteiger partial charge >= 0.3 is 0 Å². The van der Waals surface area contributed by atoms with E-state index in [-0.39, 0.29) is 26.4 Å². The van der Waals surface area contributed by atoms with Crippen molar-refractivity contribution in [2.24, 2.45) is 10.3 Å². The molecule has 1 saturated heterocycles. The van der Waals surface area contributed by atoms with E-state index in [0.717, 1.165) is 0 Å². The van der Waals surface area contributed by atoms with Gasteiger partial charge in [0.2, 0.25) is 0 Å². The highest BCUT2D eigenvalue weighted by molar-refractivity contribution is 7.90. The van der Waals surface area contributed by atoms with Crippen molar-refractivity contribution < 1.29 is 22.3 Å². The van der Waals surface area contributed by atoms with Crippen LogP contribution >= 0.6 is 23.2 Å². The number of sulfonamides is 1. The summed E-state index contributed by atoms with van der Waals surface area (Å²) in [6.07, 6.45) is 1.99. The van der Waals surface area contributed by atoms with E-state index < -0.39 is 21.7 Å². The first-order valence-electron chi connectivity index (χ1n) is 8.63. The molecule has 1 N–H and O–H groups in total. The zero-order chi connectivity index (χ0) is 21.2. The second-order valence-corrected chi connectivity index (χ2v) is 8.89. The molecule has 1 aliphatic rings. The summed E-state index contributed by atoms with van der Waals surface area (Å²) < 4.78 is 47.5. The topological polar surface area (TPSA) is 84.8 Å². The molecular weight excluding hydrogens is 442 g/mol. The second-order valence-electron chi connectivity index (χ2n) is 6.51. The molecule has 1 aliphatic heterocycles. The fourth-order valence-electron chi connectivity index (χ4n) is 2.75. The largest absolute Gasteiger partial charge is 0.381 e. The van der Waals surface area contributed by atoms with E-state index in [9.17, 15) is 17.6 Å². The lowest BCUT2D eigenvalue weighted by Crippen LogP contribution is -2.15. The van der Waals surface area contributed by atoms with Gasteiger partial charge in [-0.3, -0.25) is 4.79 Å². The Morgan fingerprint density at radius 1 is 1.31 bits per heavy atom. The molecule has 2 aromatic rings. The summed E-state index contributed by atoms with van der Waals surface area (Å²) in [5, 5.41) is 2.17. The van der Waals surface area contributed by atoms with Crippen molar-refractivity contribution in [2.75, 3.05) is 18.5 Å². The van der Waals surface area contributed by atoms with Crippen LogP contribution in [0.4, 0.5) is 10.1 Å². The molecule has 1 heterocycles. The maximum atomic E-state index is 13.4. The lowest BCUT2D eigenvalue weighted by Gasteiger charge is -2.12. The van der Waals surface area contributed by atoms with Crippen LogP contribution in [0.2, 0.25) is 10.0 Å². The summed E-state index contributed by atoms with van der Waals surface area (Å²) in [7, 11) is -4.14. The van der Waals surface area contributed by atoms with Gasteiger partial charge in [-0.2, -0.15) is 12.8 Å². The van der Waals surface area contributed by atoms with Gasteiger partial charge in [0.1, 0.15) is 10.7 Å². The lowest BCUT2D eigenvalue weighted by molar-refractivity contribution is 0.102. The number of ether oxygens (including phenoxy) is 1. The molecular formula is C19H17Cl2FN2O4S. The summed E-state index contributed by atoms with van der Waals surface area (Å²) in [5.41, 5.74) is 0.436. The summed E-state index contributed by atoms with van der Waals surface area (Å²) >= 11 is 12.3. The predicted molar refractivity (Wildman–Crippen MR) is 110 cm³/mol. The first-order chi connectivity index (χ1) is 13.7. The Kier molecular flexibility index (Phi) is 6.58. The quantitative estimate of drug-likeness (QED) is 0.668. The van der Waals surface area contributed by atoms with Crippen LogP contribution in [-0.2, 0) is 14.8 Å². The van der Waals surface area contributed by atoms with E-state index in [1.807, 2.05) is 0 Å². The maximum Gasteiger partial charge on any atom is 0.283 e. The molecule has 10 heteroatoms. The van der Waals surface area contributed by atoms with E-state index in [0.29, 0.717) is 30.9 Å². The highest BCUT2D eigenvalue weighted by Crippen LogP contribution is 2.33. The number of benzene rings is 2. The normalized spacial score (nSPS) is 17.0. The number of rotatable bonds is 5. The number of nitrogens with zero attached hydrogens (tertiary/aromatic N) is 1. The predicted octanol–water partition coefficient (Wildman–Crippen LogP) is 4.49. The summed E-state index contributed by atoms with van der Waals surface area (Å²) in [6.45, 7) is 2.50.